The molecule has 138 valence electrons. The van der Waals surface area contributed by atoms with Gasteiger partial charge in [0.25, 0.3) is 5.69 Å². The number of aryl methyl sites for hydroxylation is 1. The SMILES string of the molecule is Cc1ccc(NC(=O)CSc2nnc(Nc3ccccc3)s2)cc1[N+](=O)[O-]. The van der Waals surface area contributed by atoms with Crippen molar-refractivity contribution in [3.63, 3.8) is 0 Å². The fraction of sp³-hybridized carbons (Fsp3) is 0.118. The molecule has 0 saturated heterocycles. The Morgan fingerprint density at radius 3 is 2.70 bits per heavy atom. The lowest BCUT2D eigenvalue weighted by molar-refractivity contribution is -0.385. The normalized spacial score (nSPS) is 10.4. The number of hydrogen-bond donors (Lipinski definition) is 2. The fourth-order valence-corrected chi connectivity index (χ4v) is 3.74. The number of nitrogens with one attached hydrogen (secondary N) is 2. The molecule has 1 aromatic heterocycles. The Labute approximate surface area is 163 Å². The molecule has 0 fully saturated rings. The van der Waals surface area contributed by atoms with Crippen molar-refractivity contribution < 1.29 is 9.72 Å². The van der Waals surface area contributed by atoms with E-state index in [0.717, 1.165) is 5.69 Å². The highest BCUT2D eigenvalue weighted by Crippen LogP contribution is 2.28. The predicted octanol–water partition coefficient (Wildman–Crippen LogP) is 4.23. The quantitative estimate of drug-likeness (QED) is 0.346. The molecule has 0 atom stereocenters. The molecule has 1 heterocycles. The lowest BCUT2D eigenvalue weighted by Gasteiger charge is -2.05. The number of nitrogens with zero attached hydrogens (tertiary/aromatic N) is 3. The minimum atomic E-state index is -0.470. The average Bonchev–Trinajstić information content (AvgIpc) is 3.09. The maximum absolute atomic E-state index is 12.1. The molecular formula is C17H15N5O3S2. The van der Waals surface area contributed by atoms with Crippen LogP contribution in [0.5, 0.6) is 0 Å². The van der Waals surface area contributed by atoms with Gasteiger partial charge in [-0.05, 0) is 25.1 Å². The fourth-order valence-electron chi connectivity index (χ4n) is 2.17. The van der Waals surface area contributed by atoms with Crippen molar-refractivity contribution in [2.75, 3.05) is 16.4 Å². The third-order valence-corrected chi connectivity index (χ3v) is 5.42. The van der Waals surface area contributed by atoms with Crippen LogP contribution in [0.15, 0.2) is 52.9 Å². The zero-order valence-electron chi connectivity index (χ0n) is 14.2. The molecule has 0 unspecified atom stereocenters. The number of hydrogen-bond acceptors (Lipinski definition) is 8. The Kier molecular flexibility index (Phi) is 5.99. The van der Waals surface area contributed by atoms with Crippen LogP contribution >= 0.6 is 23.1 Å². The third kappa shape index (κ3) is 5.25. The molecule has 2 N–H and O–H groups in total. The minimum Gasteiger partial charge on any atom is -0.330 e. The summed E-state index contributed by atoms with van der Waals surface area (Å²) in [6.45, 7) is 1.65. The van der Waals surface area contributed by atoms with Gasteiger partial charge in [-0.25, -0.2) is 0 Å². The largest absolute Gasteiger partial charge is 0.330 e. The lowest BCUT2D eigenvalue weighted by atomic mass is 10.2. The number of rotatable bonds is 7. The molecule has 0 spiro atoms. The Bertz CT molecular complexity index is 962. The second kappa shape index (κ2) is 8.60. The van der Waals surface area contributed by atoms with E-state index in [1.165, 1.54) is 29.2 Å². The van der Waals surface area contributed by atoms with Crippen molar-refractivity contribution in [3.05, 3.63) is 64.2 Å². The van der Waals surface area contributed by atoms with Gasteiger partial charge in [0.05, 0.1) is 10.7 Å². The van der Waals surface area contributed by atoms with Gasteiger partial charge in [-0.2, -0.15) is 0 Å². The second-order valence-corrected chi connectivity index (χ2v) is 7.66. The molecule has 2 aromatic carbocycles. The van der Waals surface area contributed by atoms with Crippen LogP contribution in [-0.4, -0.2) is 26.8 Å². The summed E-state index contributed by atoms with van der Waals surface area (Å²) >= 11 is 2.60. The zero-order valence-corrected chi connectivity index (χ0v) is 15.8. The van der Waals surface area contributed by atoms with E-state index in [1.54, 1.807) is 19.1 Å². The molecule has 27 heavy (non-hydrogen) atoms. The summed E-state index contributed by atoms with van der Waals surface area (Å²) in [5.41, 5.74) is 1.81. The molecule has 8 nitrogen and oxygen atoms in total. The molecule has 3 rings (SSSR count). The second-order valence-electron chi connectivity index (χ2n) is 5.46. The van der Waals surface area contributed by atoms with Crippen LogP contribution in [0.3, 0.4) is 0 Å². The molecule has 0 bridgehead atoms. The number of aromatic nitrogens is 2. The van der Waals surface area contributed by atoms with Crippen LogP contribution in [0.1, 0.15) is 5.56 Å². The van der Waals surface area contributed by atoms with Crippen molar-refractivity contribution in [2.24, 2.45) is 0 Å². The smallest absolute Gasteiger partial charge is 0.274 e. The number of amides is 1. The predicted molar refractivity (Wildman–Crippen MR) is 107 cm³/mol. The van der Waals surface area contributed by atoms with Gasteiger partial charge in [0.1, 0.15) is 0 Å². The topological polar surface area (TPSA) is 110 Å². The maximum atomic E-state index is 12.1. The maximum Gasteiger partial charge on any atom is 0.274 e. The standard InChI is InChI=1S/C17H15N5O3S2/c1-11-7-8-13(9-14(11)22(24)25)18-15(23)10-26-17-21-20-16(27-17)19-12-5-3-2-4-6-12/h2-9H,10H2,1H3,(H,18,23)(H,19,20). The summed E-state index contributed by atoms with van der Waals surface area (Å²) in [6.07, 6.45) is 0. The monoisotopic (exact) mass is 401 g/mol. The highest BCUT2D eigenvalue weighted by molar-refractivity contribution is 8.01. The van der Waals surface area contributed by atoms with E-state index < -0.39 is 4.92 Å². The van der Waals surface area contributed by atoms with Gasteiger partial charge in [-0.1, -0.05) is 47.4 Å². The van der Waals surface area contributed by atoms with Crippen LogP contribution in [-0.2, 0) is 4.79 Å². The van der Waals surface area contributed by atoms with Gasteiger partial charge in [0, 0.05) is 23.0 Å². The Morgan fingerprint density at radius 2 is 1.96 bits per heavy atom. The van der Waals surface area contributed by atoms with Crippen molar-refractivity contribution >= 4 is 51.2 Å². The van der Waals surface area contributed by atoms with Crippen LogP contribution in [0.4, 0.5) is 22.2 Å². The first-order chi connectivity index (χ1) is 13.0. The molecule has 10 heteroatoms. The molecular weight excluding hydrogens is 386 g/mol. The van der Waals surface area contributed by atoms with Gasteiger partial charge in [-0.15, -0.1) is 10.2 Å². The van der Waals surface area contributed by atoms with Crippen molar-refractivity contribution in [3.8, 4) is 0 Å². The molecule has 0 aliphatic rings. The Balaban J connectivity index is 1.54. The van der Waals surface area contributed by atoms with E-state index in [1.807, 2.05) is 30.3 Å². The van der Waals surface area contributed by atoms with E-state index in [9.17, 15) is 14.9 Å². The van der Waals surface area contributed by atoms with E-state index in [2.05, 4.69) is 20.8 Å². The summed E-state index contributed by atoms with van der Waals surface area (Å²) in [5.74, 6) is -0.146. The van der Waals surface area contributed by atoms with Crippen molar-refractivity contribution in [2.45, 2.75) is 11.3 Å². The van der Waals surface area contributed by atoms with Gasteiger partial charge >= 0.3 is 0 Å². The van der Waals surface area contributed by atoms with Crippen LogP contribution < -0.4 is 10.6 Å². The summed E-state index contributed by atoms with van der Waals surface area (Å²) in [5, 5.41) is 25.5. The number of benzene rings is 2. The first-order valence-electron chi connectivity index (χ1n) is 7.84. The van der Waals surface area contributed by atoms with Gasteiger partial charge < -0.3 is 10.6 Å². The lowest BCUT2D eigenvalue weighted by Crippen LogP contribution is -2.14. The molecule has 0 aliphatic heterocycles. The average molecular weight is 401 g/mol. The van der Waals surface area contributed by atoms with E-state index in [-0.39, 0.29) is 17.3 Å². The Morgan fingerprint density at radius 1 is 1.19 bits per heavy atom. The van der Waals surface area contributed by atoms with Crippen LogP contribution in [0.25, 0.3) is 0 Å². The number of nitro benzene ring substituents is 1. The van der Waals surface area contributed by atoms with Crippen LogP contribution in [0, 0.1) is 17.0 Å². The molecule has 3 aromatic rings. The van der Waals surface area contributed by atoms with Gasteiger partial charge in [0.2, 0.25) is 11.0 Å². The number of carbonyl (C=O) groups is 1. The summed E-state index contributed by atoms with van der Waals surface area (Å²) < 4.78 is 0.651. The minimum absolute atomic E-state index is 0.0267. The van der Waals surface area contributed by atoms with Gasteiger partial charge in [-0.3, -0.25) is 14.9 Å². The van der Waals surface area contributed by atoms with Gasteiger partial charge in [0.15, 0.2) is 4.34 Å². The highest BCUT2D eigenvalue weighted by atomic mass is 32.2. The van der Waals surface area contributed by atoms with Crippen molar-refractivity contribution in [1.82, 2.24) is 10.2 Å². The van der Waals surface area contributed by atoms with E-state index in [0.29, 0.717) is 20.7 Å². The first kappa shape index (κ1) is 18.8. The first-order valence-corrected chi connectivity index (χ1v) is 9.65. The number of anilines is 3. The summed E-state index contributed by atoms with van der Waals surface area (Å²) in [4.78, 5) is 22.6. The number of nitro groups is 1. The van der Waals surface area contributed by atoms with Crippen molar-refractivity contribution in [1.29, 1.82) is 0 Å². The van der Waals surface area contributed by atoms with E-state index >= 15 is 0 Å². The van der Waals surface area contributed by atoms with E-state index in [4.69, 9.17) is 0 Å². The highest BCUT2D eigenvalue weighted by Gasteiger charge is 2.13. The number of thioether (sulfide) groups is 1. The molecule has 0 aliphatic carbocycles. The van der Waals surface area contributed by atoms with Crippen LogP contribution in [0.2, 0.25) is 0 Å². The molecule has 0 radical (unpaired) electrons. The number of para-hydroxylation sites is 1. The molecule has 1 amide bonds. The summed E-state index contributed by atoms with van der Waals surface area (Å²) in [6, 6.07) is 14.2. The third-order valence-electron chi connectivity index (χ3n) is 3.45. The number of carbonyl (C=O) groups excluding carboxylic acids is 1. The summed E-state index contributed by atoms with van der Waals surface area (Å²) in [7, 11) is 0. The molecule has 0 saturated carbocycles. The zero-order chi connectivity index (χ0) is 19.2. The Hall–Kier alpha value is -2.98.